The fourth-order valence-corrected chi connectivity index (χ4v) is 3.81. The first-order valence-electron chi connectivity index (χ1n) is 9.60. The monoisotopic (exact) mass is 431 g/mol. The summed E-state index contributed by atoms with van der Waals surface area (Å²) in [6.07, 6.45) is -2.24. The molecule has 0 amide bonds. The number of hydrogen-bond donors (Lipinski definition) is 1. The van der Waals surface area contributed by atoms with Crippen molar-refractivity contribution in [3.8, 4) is 5.69 Å². The van der Waals surface area contributed by atoms with Gasteiger partial charge in [0.1, 0.15) is 6.54 Å². The van der Waals surface area contributed by atoms with E-state index in [2.05, 4.69) is 20.5 Å². The number of halogens is 4. The van der Waals surface area contributed by atoms with Crippen LogP contribution < -0.4 is 5.32 Å². The van der Waals surface area contributed by atoms with E-state index in [9.17, 15) is 13.2 Å². The molecule has 3 aromatic rings. The molecule has 1 N–H and O–H groups in total. The van der Waals surface area contributed by atoms with Crippen molar-refractivity contribution in [3.63, 3.8) is 0 Å². The summed E-state index contributed by atoms with van der Waals surface area (Å²) in [5.74, 6) is 1.22. The summed E-state index contributed by atoms with van der Waals surface area (Å²) in [4.78, 5) is 4.60. The van der Waals surface area contributed by atoms with Crippen molar-refractivity contribution in [3.05, 3.63) is 75.8 Å². The van der Waals surface area contributed by atoms with E-state index in [4.69, 9.17) is 11.6 Å². The van der Waals surface area contributed by atoms with Gasteiger partial charge in [-0.25, -0.2) is 0 Å². The van der Waals surface area contributed by atoms with Gasteiger partial charge in [-0.3, -0.25) is 9.56 Å². The third-order valence-corrected chi connectivity index (χ3v) is 5.58. The minimum atomic E-state index is -4.47. The van der Waals surface area contributed by atoms with E-state index in [1.54, 1.807) is 28.8 Å². The van der Waals surface area contributed by atoms with Gasteiger partial charge in [0.25, 0.3) is 0 Å². The number of alkyl halides is 3. The van der Waals surface area contributed by atoms with Gasteiger partial charge in [0.2, 0.25) is 0 Å². The third-order valence-electron chi connectivity index (χ3n) is 5.25. The lowest BCUT2D eigenvalue weighted by Crippen LogP contribution is -2.20. The zero-order chi connectivity index (χ0) is 20.9. The molecule has 0 bridgehead atoms. The van der Waals surface area contributed by atoms with Crippen LogP contribution >= 0.6 is 11.6 Å². The minimum absolute atomic E-state index is 0.188. The van der Waals surface area contributed by atoms with Gasteiger partial charge in [-0.2, -0.15) is 13.2 Å². The van der Waals surface area contributed by atoms with Gasteiger partial charge in [-0.15, -0.1) is 10.2 Å². The first-order chi connectivity index (χ1) is 14.4. The maximum absolute atomic E-state index is 13.5. The van der Waals surface area contributed by atoms with E-state index in [0.717, 1.165) is 25.0 Å². The molecule has 1 saturated carbocycles. The Morgan fingerprint density at radius 3 is 2.60 bits per heavy atom. The molecule has 2 aromatic carbocycles. The lowest BCUT2D eigenvalue weighted by atomic mass is 9.98. The van der Waals surface area contributed by atoms with Crippen LogP contribution in [0.1, 0.15) is 41.2 Å². The molecule has 1 aliphatic heterocycles. The van der Waals surface area contributed by atoms with Crippen LogP contribution in [0.15, 0.2) is 47.5 Å². The van der Waals surface area contributed by atoms with Crippen LogP contribution in [0.3, 0.4) is 0 Å². The molecule has 9 heteroatoms. The summed E-state index contributed by atoms with van der Waals surface area (Å²) < 4.78 is 42.3. The van der Waals surface area contributed by atoms with Crippen LogP contribution in [-0.2, 0) is 19.3 Å². The predicted molar refractivity (Wildman–Crippen MR) is 107 cm³/mol. The highest BCUT2D eigenvalue weighted by atomic mass is 35.5. The molecule has 154 valence electrons. The van der Waals surface area contributed by atoms with Gasteiger partial charge in [0, 0.05) is 22.2 Å². The van der Waals surface area contributed by atoms with Gasteiger partial charge >= 0.3 is 6.18 Å². The molecule has 5 nitrogen and oxygen atoms in total. The van der Waals surface area contributed by atoms with E-state index in [-0.39, 0.29) is 6.54 Å². The fraction of sp³-hybridized carbons (Fsp3) is 0.286. The summed E-state index contributed by atoms with van der Waals surface area (Å²) >= 11 is 6.37. The molecule has 0 atom stereocenters. The standard InChI is InChI=1S/C21H17ClF3N5/c22-16-4-2-1-3-14(16)20-15-9-12(21(23,24)25)5-8-17(15)30-18(10-26-13-6-7-13)28-29-19(30)11-27-20/h1-5,8-9,13,26H,6-7,10-11H2. The summed E-state index contributed by atoms with van der Waals surface area (Å²) in [5.41, 5.74) is 1.16. The van der Waals surface area contributed by atoms with Crippen LogP contribution in [0.5, 0.6) is 0 Å². The van der Waals surface area contributed by atoms with Crippen LogP contribution in [0.25, 0.3) is 5.69 Å². The molecule has 2 aliphatic rings. The van der Waals surface area contributed by atoms with Crippen molar-refractivity contribution in [1.29, 1.82) is 0 Å². The van der Waals surface area contributed by atoms with E-state index in [1.165, 1.54) is 6.07 Å². The lowest BCUT2D eigenvalue weighted by Gasteiger charge is -2.17. The molecular formula is C21H17ClF3N5. The summed E-state index contributed by atoms with van der Waals surface area (Å²) in [6.45, 7) is 0.673. The Morgan fingerprint density at radius 1 is 1.07 bits per heavy atom. The van der Waals surface area contributed by atoms with Crippen molar-refractivity contribution >= 4 is 17.3 Å². The molecule has 2 heterocycles. The molecular weight excluding hydrogens is 415 g/mol. The smallest absolute Gasteiger partial charge is 0.307 e. The highest BCUT2D eigenvalue weighted by molar-refractivity contribution is 6.35. The zero-order valence-corrected chi connectivity index (χ0v) is 16.5. The van der Waals surface area contributed by atoms with Crippen LogP contribution in [0.2, 0.25) is 5.02 Å². The quantitative estimate of drug-likeness (QED) is 0.659. The van der Waals surface area contributed by atoms with E-state index < -0.39 is 11.7 Å². The van der Waals surface area contributed by atoms with Gasteiger partial charge in [0.15, 0.2) is 11.6 Å². The number of fused-ring (bicyclic) bond motifs is 3. The maximum Gasteiger partial charge on any atom is 0.416 e. The van der Waals surface area contributed by atoms with Crippen LogP contribution in [-0.4, -0.2) is 26.5 Å². The molecule has 0 unspecified atom stereocenters. The van der Waals surface area contributed by atoms with Crippen molar-refractivity contribution in [1.82, 2.24) is 20.1 Å². The van der Waals surface area contributed by atoms with Gasteiger partial charge < -0.3 is 5.32 Å². The van der Waals surface area contributed by atoms with Crippen molar-refractivity contribution in [2.75, 3.05) is 0 Å². The minimum Gasteiger partial charge on any atom is -0.307 e. The van der Waals surface area contributed by atoms with Gasteiger partial charge in [0.05, 0.1) is 23.5 Å². The van der Waals surface area contributed by atoms with Crippen molar-refractivity contribution < 1.29 is 13.2 Å². The van der Waals surface area contributed by atoms with Gasteiger partial charge in [-0.1, -0.05) is 29.8 Å². The number of benzene rings is 2. The number of nitrogens with zero attached hydrogens (tertiary/aromatic N) is 4. The van der Waals surface area contributed by atoms with Crippen molar-refractivity contribution in [2.45, 2.75) is 38.1 Å². The summed E-state index contributed by atoms with van der Waals surface area (Å²) in [6, 6.07) is 11.1. The average Bonchev–Trinajstić information content (AvgIpc) is 3.48. The Morgan fingerprint density at radius 2 is 1.87 bits per heavy atom. The molecule has 1 aliphatic carbocycles. The van der Waals surface area contributed by atoms with E-state index >= 15 is 0 Å². The Hall–Kier alpha value is -2.71. The largest absolute Gasteiger partial charge is 0.416 e. The maximum atomic E-state index is 13.5. The Kier molecular flexibility index (Phi) is 4.63. The molecule has 0 spiro atoms. The summed E-state index contributed by atoms with van der Waals surface area (Å²) in [5, 5.41) is 12.3. The number of nitrogens with one attached hydrogen (secondary N) is 1. The highest BCUT2D eigenvalue weighted by Gasteiger charge is 2.33. The van der Waals surface area contributed by atoms with E-state index in [0.29, 0.717) is 51.8 Å². The second-order valence-corrected chi connectivity index (χ2v) is 7.80. The fourth-order valence-electron chi connectivity index (χ4n) is 3.59. The Labute approximate surface area is 175 Å². The number of rotatable bonds is 4. The van der Waals surface area contributed by atoms with Crippen LogP contribution in [0, 0.1) is 0 Å². The van der Waals surface area contributed by atoms with Crippen LogP contribution in [0.4, 0.5) is 13.2 Å². The van der Waals surface area contributed by atoms with E-state index in [1.807, 2.05) is 0 Å². The molecule has 1 aromatic heterocycles. The first kappa shape index (κ1) is 19.3. The molecule has 1 fully saturated rings. The molecule has 5 rings (SSSR count). The topological polar surface area (TPSA) is 55.1 Å². The normalized spacial score (nSPS) is 15.9. The average molecular weight is 432 g/mol. The Balaban J connectivity index is 1.69. The number of aliphatic imine (C=N–C) groups is 1. The van der Waals surface area contributed by atoms with Gasteiger partial charge in [-0.05, 0) is 37.1 Å². The predicted octanol–water partition coefficient (Wildman–Crippen LogP) is 4.54. The third kappa shape index (κ3) is 3.50. The second-order valence-electron chi connectivity index (χ2n) is 7.40. The molecule has 0 saturated heterocycles. The Bertz CT molecular complexity index is 1150. The number of aromatic nitrogens is 3. The first-order valence-corrected chi connectivity index (χ1v) is 9.97. The molecule has 30 heavy (non-hydrogen) atoms. The number of hydrogen-bond acceptors (Lipinski definition) is 4. The zero-order valence-electron chi connectivity index (χ0n) is 15.7. The summed E-state index contributed by atoms with van der Waals surface area (Å²) in [7, 11) is 0. The molecule has 0 radical (unpaired) electrons. The van der Waals surface area contributed by atoms with Crippen molar-refractivity contribution in [2.24, 2.45) is 4.99 Å². The SMILES string of the molecule is FC(F)(F)c1ccc2c(c1)C(c1ccccc1Cl)=NCc1nnc(CNC3CC3)n1-2. The highest BCUT2D eigenvalue weighted by Crippen LogP contribution is 2.35. The second kappa shape index (κ2) is 7.21. The lowest BCUT2D eigenvalue weighted by molar-refractivity contribution is -0.137.